The summed E-state index contributed by atoms with van der Waals surface area (Å²) in [6.45, 7) is 19.5. The maximum Gasteiger partial charge on any atom is 0.338 e. The Kier molecular flexibility index (Phi) is 18.8. The zero-order valence-electron chi connectivity index (χ0n) is 37.6. The summed E-state index contributed by atoms with van der Waals surface area (Å²) in [5.74, 6) is -0.630. The van der Waals surface area contributed by atoms with Crippen molar-refractivity contribution in [3.63, 3.8) is 0 Å². The quantitative estimate of drug-likeness (QED) is 0.0738. The van der Waals surface area contributed by atoms with Gasteiger partial charge in [0.25, 0.3) is 0 Å². The molecule has 0 fully saturated rings. The van der Waals surface area contributed by atoms with Gasteiger partial charge in [0, 0.05) is 50.8 Å². The van der Waals surface area contributed by atoms with Crippen LogP contribution in [0.5, 0.6) is 0 Å². The van der Waals surface area contributed by atoms with Gasteiger partial charge >= 0.3 is 135 Å². The van der Waals surface area contributed by atoms with Crippen LogP contribution in [-0.4, -0.2) is 74.1 Å². The maximum absolute atomic E-state index is 12.3. The number of aromatic nitrogens is 6. The predicted octanol–water partition coefficient (Wildman–Crippen LogP) is 12.4. The van der Waals surface area contributed by atoms with Gasteiger partial charge in [-0.25, -0.2) is 9.59 Å². The topological polar surface area (TPSA) is 114 Å². The van der Waals surface area contributed by atoms with Gasteiger partial charge < -0.3 is 18.6 Å². The molecule has 0 spiro atoms. The van der Waals surface area contributed by atoms with Crippen LogP contribution in [-0.2, 0) is 9.47 Å². The van der Waals surface area contributed by atoms with Crippen molar-refractivity contribution in [2.24, 2.45) is 0 Å². The zero-order valence-corrected chi connectivity index (χ0v) is 42.1. The molecule has 0 bridgehead atoms. The number of benzene rings is 2. The van der Waals surface area contributed by atoms with Crippen LogP contribution < -0.4 is 3.58 Å². The summed E-state index contributed by atoms with van der Waals surface area (Å²) < 4.78 is 21.2. The van der Waals surface area contributed by atoms with Gasteiger partial charge in [-0.3, -0.25) is 0 Å². The van der Waals surface area contributed by atoms with Gasteiger partial charge in [0.05, 0.1) is 43.3 Å². The number of ether oxygens (including phenoxy) is 2. The summed E-state index contributed by atoms with van der Waals surface area (Å²) in [6.07, 6.45) is 19.7. The van der Waals surface area contributed by atoms with E-state index < -0.39 is 18.4 Å². The van der Waals surface area contributed by atoms with Crippen molar-refractivity contribution in [1.29, 1.82) is 0 Å². The molecule has 322 valence electrons. The van der Waals surface area contributed by atoms with Crippen LogP contribution in [0, 0.1) is 13.8 Å². The number of carbonyl (C=O) groups is 2. The summed E-state index contributed by atoms with van der Waals surface area (Å²) in [5, 5.41) is 17.8. The van der Waals surface area contributed by atoms with E-state index in [0.717, 1.165) is 48.5 Å². The Bertz CT molecular complexity index is 2280. The fourth-order valence-corrected chi connectivity index (χ4v) is 24.2. The molecule has 0 aliphatic carbocycles. The van der Waals surface area contributed by atoms with E-state index >= 15 is 0 Å². The minimum Gasteiger partial charge on any atom is -0.465 e. The van der Waals surface area contributed by atoms with Crippen LogP contribution in [0.15, 0.2) is 78.1 Å². The molecule has 0 aliphatic heterocycles. The number of halogens is 1. The Morgan fingerprint density at radius 2 is 1.12 bits per heavy atom. The molecule has 0 amide bonds. The number of carbonyl (C=O) groups excluding carboxylic acids is 2. The molecule has 0 saturated carbocycles. The molecule has 0 aliphatic rings. The summed E-state index contributed by atoms with van der Waals surface area (Å²) in [5.41, 5.74) is 7.26. The average Bonchev–Trinajstić information content (AvgIpc) is 3.79. The Morgan fingerprint density at radius 1 is 0.650 bits per heavy atom. The number of nitrogens with zero attached hydrogens (tertiary/aromatic N) is 6. The van der Waals surface area contributed by atoms with Gasteiger partial charge in [-0.05, 0) is 88.6 Å². The summed E-state index contributed by atoms with van der Waals surface area (Å²) >= 11 is 1.25. The minimum atomic E-state index is -2.20. The molecule has 4 heterocycles. The maximum atomic E-state index is 12.3. The number of fused-ring (bicyclic) bond motifs is 2. The smallest absolute Gasteiger partial charge is 0.338 e. The number of hydrogen-bond donors (Lipinski definition) is 0. The van der Waals surface area contributed by atoms with Crippen LogP contribution >= 0.6 is 15.9 Å². The first-order valence-corrected chi connectivity index (χ1v) is 29.7. The molecule has 12 heteroatoms. The van der Waals surface area contributed by atoms with Crippen LogP contribution in [0.3, 0.4) is 0 Å². The number of unbranched alkanes of at least 4 members (excludes halogenated alkanes) is 3. The van der Waals surface area contributed by atoms with Crippen molar-refractivity contribution in [3.05, 3.63) is 100 Å². The predicted molar refractivity (Wildman–Crippen MR) is 252 cm³/mol. The van der Waals surface area contributed by atoms with E-state index in [1.807, 2.05) is 44.3 Å². The molecule has 4 aromatic heterocycles. The number of esters is 2. The molecule has 60 heavy (non-hydrogen) atoms. The molecule has 6 aromatic rings. The fraction of sp³-hybridized carbons (Fsp3) is 0.458. The van der Waals surface area contributed by atoms with Crippen molar-refractivity contribution in [1.82, 2.24) is 29.5 Å². The monoisotopic (exact) mass is 988 g/mol. The van der Waals surface area contributed by atoms with Gasteiger partial charge in [-0.1, -0.05) is 15.9 Å². The number of methoxy groups -OCH3 is 2. The standard InChI is InChI=1S/C18H19N3O2.C14H16BrNO2.C4H3N2.3C4H9.Sn/c1-11(2)21-10-12(3)17-15(18(22)23-4)7-14(8-16(17)21)13-5-6-19-20-9-13;1-8(2)16-7-9(3)13-11(14(17)18-4)5-10(15)6-12(13)16;1-2-4-6-5-3-1;3*1-3-4-2;/h5-11H,1-4H3;5-8H,1-4H3;1,3-4H;3*1,3-4H2,2H3;. The molecule has 10 nitrogen and oxygen atoms in total. The third kappa shape index (κ3) is 11.8. The van der Waals surface area contributed by atoms with Crippen LogP contribution in [0.25, 0.3) is 32.9 Å². The van der Waals surface area contributed by atoms with Gasteiger partial charge in [0.1, 0.15) is 0 Å². The normalized spacial score (nSPS) is 11.4. The van der Waals surface area contributed by atoms with Gasteiger partial charge in [-0.15, -0.1) is 0 Å². The van der Waals surface area contributed by atoms with Crippen LogP contribution in [0.2, 0.25) is 13.3 Å². The van der Waals surface area contributed by atoms with E-state index in [1.54, 1.807) is 16.0 Å². The summed E-state index contributed by atoms with van der Waals surface area (Å²) in [6, 6.07) is 12.6. The van der Waals surface area contributed by atoms with Crippen LogP contribution in [0.1, 0.15) is 131 Å². The van der Waals surface area contributed by atoms with Crippen molar-refractivity contribution >= 4 is 71.6 Å². The Labute approximate surface area is 369 Å². The minimum absolute atomic E-state index is 0.294. The summed E-state index contributed by atoms with van der Waals surface area (Å²) in [4.78, 5) is 24.1. The van der Waals surface area contributed by atoms with Crippen molar-refractivity contribution in [2.45, 2.75) is 126 Å². The number of aryl methyl sites for hydroxylation is 2. The van der Waals surface area contributed by atoms with Gasteiger partial charge in [0.2, 0.25) is 0 Å². The van der Waals surface area contributed by atoms with Crippen LogP contribution in [0.4, 0.5) is 0 Å². The summed E-state index contributed by atoms with van der Waals surface area (Å²) in [7, 11) is 2.81. The molecule has 2 aromatic carbocycles. The molecule has 0 N–H and O–H groups in total. The van der Waals surface area contributed by atoms with Gasteiger partial charge in [0.15, 0.2) is 0 Å². The van der Waals surface area contributed by atoms with E-state index in [2.05, 4.69) is 125 Å². The Balaban J connectivity index is 0.000000201. The second kappa shape index (κ2) is 23.2. The molecule has 0 unspecified atom stereocenters. The van der Waals surface area contributed by atoms with Crippen molar-refractivity contribution in [3.8, 4) is 11.1 Å². The molecule has 6 rings (SSSR count). The second-order valence-corrected chi connectivity index (χ2v) is 30.4. The third-order valence-corrected chi connectivity index (χ3v) is 27.3. The first-order valence-electron chi connectivity index (χ1n) is 21.4. The molecular formula is C48H65BrN6O4Sn. The third-order valence-electron chi connectivity index (χ3n) is 11.3. The van der Waals surface area contributed by atoms with E-state index in [9.17, 15) is 9.59 Å². The molecule has 0 radical (unpaired) electrons. The molecule has 0 saturated heterocycles. The average molecular weight is 989 g/mol. The van der Waals surface area contributed by atoms with E-state index in [1.165, 1.54) is 66.1 Å². The van der Waals surface area contributed by atoms with Crippen molar-refractivity contribution in [2.75, 3.05) is 14.2 Å². The SMILES string of the molecule is CCC[CH2][Sn]([CH2]CCC)([CH2]CCC)[c]1ccnnc1.COC(=O)c1cc(-c2ccnnc2)cc2c1c(C)cn2C(C)C.COC(=O)c1cc(Br)cc2c1c(C)cn2C(C)C. The Hall–Kier alpha value is -4.10. The Morgan fingerprint density at radius 3 is 1.53 bits per heavy atom. The second-order valence-electron chi connectivity index (χ2n) is 16.2. The largest absolute Gasteiger partial charge is 0.465 e. The fourth-order valence-electron chi connectivity index (χ4n) is 8.12. The van der Waals surface area contributed by atoms with Gasteiger partial charge in [-0.2, -0.15) is 10.2 Å². The number of rotatable bonds is 15. The van der Waals surface area contributed by atoms with E-state index in [4.69, 9.17) is 9.47 Å². The van der Waals surface area contributed by atoms with Crippen molar-refractivity contribution < 1.29 is 19.1 Å². The first kappa shape index (κ1) is 48.6. The zero-order chi connectivity index (χ0) is 44.0. The van der Waals surface area contributed by atoms with E-state index in [0.29, 0.717) is 23.2 Å². The molecular weight excluding hydrogens is 923 g/mol. The van der Waals surface area contributed by atoms with E-state index in [-0.39, 0.29) is 11.9 Å². The first-order chi connectivity index (χ1) is 28.8. The number of hydrogen-bond acceptors (Lipinski definition) is 8. The molecule has 0 atom stereocenters.